The van der Waals surface area contributed by atoms with Gasteiger partial charge < -0.3 is 10.1 Å². The summed E-state index contributed by atoms with van der Waals surface area (Å²) in [6.45, 7) is 5.30. The van der Waals surface area contributed by atoms with Gasteiger partial charge in [0.15, 0.2) is 0 Å². The van der Waals surface area contributed by atoms with Gasteiger partial charge in [-0.25, -0.2) is 0 Å². The monoisotopic (exact) mass is 241 g/mol. The topological polar surface area (TPSA) is 38.3 Å². The van der Waals surface area contributed by atoms with Crippen molar-refractivity contribution in [2.45, 2.75) is 64.8 Å². The van der Waals surface area contributed by atoms with Crippen molar-refractivity contribution < 1.29 is 9.53 Å². The summed E-state index contributed by atoms with van der Waals surface area (Å²) in [5.74, 6) is 0.773. The molecule has 3 heteroatoms. The van der Waals surface area contributed by atoms with Gasteiger partial charge in [0.05, 0.1) is 6.61 Å². The summed E-state index contributed by atoms with van der Waals surface area (Å²) in [6.07, 6.45) is 8.94. The Hall–Kier alpha value is -0.570. The third-order valence-corrected chi connectivity index (χ3v) is 3.65. The molecule has 0 aromatic heterocycles. The van der Waals surface area contributed by atoms with E-state index in [1.54, 1.807) is 0 Å². The molecule has 1 rings (SSSR count). The molecule has 1 aliphatic rings. The second-order valence-electron chi connectivity index (χ2n) is 4.96. The Morgan fingerprint density at radius 1 is 1.29 bits per heavy atom. The minimum Gasteiger partial charge on any atom is -0.465 e. The lowest BCUT2D eigenvalue weighted by molar-refractivity contribution is -0.145. The quantitative estimate of drug-likeness (QED) is 0.697. The number of hydrogen-bond acceptors (Lipinski definition) is 3. The van der Waals surface area contributed by atoms with Crippen LogP contribution in [0.25, 0.3) is 0 Å². The van der Waals surface area contributed by atoms with Crippen LogP contribution in [0.3, 0.4) is 0 Å². The van der Waals surface area contributed by atoms with Crippen LogP contribution >= 0.6 is 0 Å². The zero-order chi connectivity index (χ0) is 12.5. The third kappa shape index (κ3) is 5.53. The molecule has 1 unspecified atom stereocenters. The molecule has 1 N–H and O–H groups in total. The Kier molecular flexibility index (Phi) is 7.25. The molecule has 17 heavy (non-hydrogen) atoms. The number of carbonyl (C=O) groups is 1. The van der Waals surface area contributed by atoms with Gasteiger partial charge in [0, 0.05) is 0 Å². The molecular formula is C14H27NO2. The van der Waals surface area contributed by atoms with Crippen molar-refractivity contribution in [3.8, 4) is 0 Å². The Bertz CT molecular complexity index is 212. The van der Waals surface area contributed by atoms with Crippen molar-refractivity contribution in [3.05, 3.63) is 0 Å². The first-order valence-corrected chi connectivity index (χ1v) is 7.18. The van der Waals surface area contributed by atoms with Crippen LogP contribution in [0.5, 0.6) is 0 Å². The Morgan fingerprint density at radius 2 is 2.00 bits per heavy atom. The summed E-state index contributed by atoms with van der Waals surface area (Å²) in [7, 11) is 0. The highest BCUT2D eigenvalue weighted by molar-refractivity contribution is 5.75. The van der Waals surface area contributed by atoms with Crippen molar-refractivity contribution in [2.75, 3.05) is 13.2 Å². The normalized spacial score (nSPS) is 18.9. The molecule has 0 aromatic carbocycles. The van der Waals surface area contributed by atoms with E-state index in [4.69, 9.17) is 4.74 Å². The van der Waals surface area contributed by atoms with Gasteiger partial charge in [-0.1, -0.05) is 39.0 Å². The Morgan fingerprint density at radius 3 is 2.59 bits per heavy atom. The number of hydrogen-bond donors (Lipinski definition) is 1. The molecule has 1 saturated carbocycles. The van der Waals surface area contributed by atoms with E-state index in [1.165, 1.54) is 38.5 Å². The Labute approximate surface area is 105 Å². The first kappa shape index (κ1) is 14.5. The van der Waals surface area contributed by atoms with Crippen LogP contribution in [0.15, 0.2) is 0 Å². The molecule has 0 spiro atoms. The standard InChI is InChI=1S/C14H27NO2/c1-3-13(14(16)17-4-2)15-11-10-12-8-6-5-7-9-12/h12-13,15H,3-11H2,1-2H3. The summed E-state index contributed by atoms with van der Waals surface area (Å²) in [5.41, 5.74) is 0. The van der Waals surface area contributed by atoms with Crippen molar-refractivity contribution in [1.82, 2.24) is 5.32 Å². The lowest BCUT2D eigenvalue weighted by Crippen LogP contribution is -2.38. The van der Waals surface area contributed by atoms with E-state index >= 15 is 0 Å². The largest absolute Gasteiger partial charge is 0.465 e. The summed E-state index contributed by atoms with van der Waals surface area (Å²) < 4.78 is 5.04. The van der Waals surface area contributed by atoms with E-state index in [1.807, 2.05) is 13.8 Å². The summed E-state index contributed by atoms with van der Waals surface area (Å²) in [5, 5.41) is 3.33. The molecule has 0 aliphatic heterocycles. The summed E-state index contributed by atoms with van der Waals surface area (Å²) >= 11 is 0. The fraction of sp³-hybridized carbons (Fsp3) is 0.929. The molecule has 0 amide bonds. The van der Waals surface area contributed by atoms with E-state index in [-0.39, 0.29) is 12.0 Å². The second kappa shape index (κ2) is 8.51. The maximum Gasteiger partial charge on any atom is 0.323 e. The first-order valence-electron chi connectivity index (χ1n) is 7.18. The fourth-order valence-electron chi connectivity index (χ4n) is 2.57. The lowest BCUT2D eigenvalue weighted by Gasteiger charge is -2.22. The first-order chi connectivity index (χ1) is 8.27. The number of rotatable bonds is 7. The van der Waals surface area contributed by atoms with Gasteiger partial charge in [-0.05, 0) is 32.2 Å². The summed E-state index contributed by atoms with van der Waals surface area (Å²) in [6, 6.07) is -0.112. The lowest BCUT2D eigenvalue weighted by atomic mass is 9.87. The number of carbonyl (C=O) groups excluding carboxylic acids is 1. The average Bonchev–Trinajstić information content (AvgIpc) is 2.36. The zero-order valence-corrected chi connectivity index (χ0v) is 11.3. The van der Waals surface area contributed by atoms with E-state index in [0.717, 1.165) is 18.9 Å². The smallest absolute Gasteiger partial charge is 0.323 e. The van der Waals surface area contributed by atoms with Crippen LogP contribution in [0.4, 0.5) is 0 Å². The molecule has 100 valence electrons. The number of esters is 1. The maximum absolute atomic E-state index is 11.6. The van der Waals surface area contributed by atoms with Gasteiger partial charge in [0.2, 0.25) is 0 Å². The van der Waals surface area contributed by atoms with E-state index in [2.05, 4.69) is 5.32 Å². The zero-order valence-electron chi connectivity index (χ0n) is 11.3. The highest BCUT2D eigenvalue weighted by Crippen LogP contribution is 2.25. The van der Waals surface area contributed by atoms with Crippen molar-refractivity contribution in [1.29, 1.82) is 0 Å². The molecule has 0 bridgehead atoms. The van der Waals surface area contributed by atoms with E-state index in [9.17, 15) is 4.79 Å². The van der Waals surface area contributed by atoms with Gasteiger partial charge >= 0.3 is 5.97 Å². The highest BCUT2D eigenvalue weighted by atomic mass is 16.5. The van der Waals surface area contributed by atoms with Crippen LogP contribution in [0, 0.1) is 5.92 Å². The van der Waals surface area contributed by atoms with Crippen LogP contribution in [0.1, 0.15) is 58.8 Å². The summed E-state index contributed by atoms with van der Waals surface area (Å²) in [4.78, 5) is 11.6. The molecule has 0 aromatic rings. The van der Waals surface area contributed by atoms with Crippen molar-refractivity contribution >= 4 is 5.97 Å². The molecule has 0 radical (unpaired) electrons. The molecule has 3 nitrogen and oxygen atoms in total. The second-order valence-corrected chi connectivity index (χ2v) is 4.96. The van der Waals surface area contributed by atoms with Crippen molar-refractivity contribution in [2.24, 2.45) is 5.92 Å². The van der Waals surface area contributed by atoms with Crippen LogP contribution in [-0.4, -0.2) is 25.2 Å². The average molecular weight is 241 g/mol. The fourth-order valence-corrected chi connectivity index (χ4v) is 2.57. The van der Waals surface area contributed by atoms with Crippen LogP contribution in [0.2, 0.25) is 0 Å². The predicted octanol–water partition coefficient (Wildman–Crippen LogP) is 2.89. The van der Waals surface area contributed by atoms with Crippen LogP contribution < -0.4 is 5.32 Å². The maximum atomic E-state index is 11.6. The minimum absolute atomic E-state index is 0.0985. The molecule has 1 fully saturated rings. The van der Waals surface area contributed by atoms with Gasteiger partial charge in [0.1, 0.15) is 6.04 Å². The Balaban J connectivity index is 2.16. The van der Waals surface area contributed by atoms with Gasteiger partial charge in [0.25, 0.3) is 0 Å². The van der Waals surface area contributed by atoms with Gasteiger partial charge in [-0.2, -0.15) is 0 Å². The predicted molar refractivity (Wildman–Crippen MR) is 69.9 cm³/mol. The van der Waals surface area contributed by atoms with E-state index in [0.29, 0.717) is 6.61 Å². The van der Waals surface area contributed by atoms with Crippen LogP contribution in [-0.2, 0) is 9.53 Å². The number of nitrogens with one attached hydrogen (secondary N) is 1. The van der Waals surface area contributed by atoms with Gasteiger partial charge in [-0.3, -0.25) is 4.79 Å². The van der Waals surface area contributed by atoms with Gasteiger partial charge in [-0.15, -0.1) is 0 Å². The number of ether oxygens (including phenoxy) is 1. The minimum atomic E-state index is -0.112. The highest BCUT2D eigenvalue weighted by Gasteiger charge is 2.18. The SMILES string of the molecule is CCOC(=O)C(CC)NCCC1CCCCC1. The third-order valence-electron chi connectivity index (χ3n) is 3.65. The van der Waals surface area contributed by atoms with E-state index < -0.39 is 0 Å². The molecule has 0 saturated heterocycles. The van der Waals surface area contributed by atoms with Crippen molar-refractivity contribution in [3.63, 3.8) is 0 Å². The molecule has 1 atom stereocenters. The molecule has 1 aliphatic carbocycles. The molecular weight excluding hydrogens is 214 g/mol. The molecule has 0 heterocycles.